The van der Waals surface area contributed by atoms with Crippen molar-refractivity contribution in [3.05, 3.63) is 106 Å². The standard InChI is InChI=1S/C27H25N3O4/c31-26-15-21(8-9-28-26)30-10-12-33-25(17-30)23-5-1-3-18-13-19-14-20(6-7-24(19)34-27(18)23)29-16-22-4-2-11-32-22/h1-9,11,14-15,25,29H,10,12-13,16-17H2,(H,28,31). The zero-order valence-corrected chi connectivity index (χ0v) is 18.6. The van der Waals surface area contributed by atoms with E-state index in [2.05, 4.69) is 39.5 Å². The highest BCUT2D eigenvalue weighted by molar-refractivity contribution is 5.59. The number of ether oxygens (including phenoxy) is 2. The van der Waals surface area contributed by atoms with Crippen molar-refractivity contribution in [3.8, 4) is 11.5 Å². The number of fused-ring (bicyclic) bond motifs is 2. The molecular formula is C27H25N3O4. The Bertz CT molecular complexity index is 1360. The van der Waals surface area contributed by atoms with Gasteiger partial charge in [0, 0.05) is 54.3 Å². The van der Waals surface area contributed by atoms with Crippen LogP contribution in [-0.4, -0.2) is 24.7 Å². The van der Waals surface area contributed by atoms with E-state index in [1.54, 1.807) is 18.5 Å². The summed E-state index contributed by atoms with van der Waals surface area (Å²) in [5.41, 5.74) is 5.16. The van der Waals surface area contributed by atoms with Crippen LogP contribution in [0.3, 0.4) is 0 Å². The van der Waals surface area contributed by atoms with Crippen molar-refractivity contribution in [2.75, 3.05) is 29.9 Å². The van der Waals surface area contributed by atoms with Gasteiger partial charge >= 0.3 is 0 Å². The van der Waals surface area contributed by atoms with Crippen LogP contribution in [0.5, 0.6) is 11.5 Å². The van der Waals surface area contributed by atoms with Crippen molar-refractivity contribution in [3.63, 3.8) is 0 Å². The minimum atomic E-state index is -0.140. The highest BCUT2D eigenvalue weighted by Crippen LogP contribution is 2.43. The van der Waals surface area contributed by atoms with E-state index in [9.17, 15) is 4.79 Å². The number of benzene rings is 2. The second-order valence-corrected chi connectivity index (χ2v) is 8.59. The fraction of sp³-hybridized carbons (Fsp3) is 0.222. The lowest BCUT2D eigenvalue weighted by Gasteiger charge is -2.36. The van der Waals surface area contributed by atoms with Crippen molar-refractivity contribution in [1.29, 1.82) is 0 Å². The molecule has 1 atom stereocenters. The lowest BCUT2D eigenvalue weighted by atomic mass is 9.95. The molecule has 172 valence electrons. The van der Waals surface area contributed by atoms with Gasteiger partial charge in [0.25, 0.3) is 0 Å². The number of nitrogens with one attached hydrogen (secondary N) is 2. The van der Waals surface area contributed by atoms with Crippen LogP contribution in [0.1, 0.15) is 28.6 Å². The number of aromatic amines is 1. The number of para-hydroxylation sites is 1. The molecule has 2 aromatic heterocycles. The zero-order chi connectivity index (χ0) is 22.9. The molecule has 1 saturated heterocycles. The minimum absolute atomic E-state index is 0.101. The van der Waals surface area contributed by atoms with Gasteiger partial charge in [-0.2, -0.15) is 0 Å². The number of anilines is 2. The predicted molar refractivity (Wildman–Crippen MR) is 130 cm³/mol. The summed E-state index contributed by atoms with van der Waals surface area (Å²) >= 11 is 0. The van der Waals surface area contributed by atoms with E-state index in [1.165, 1.54) is 0 Å². The van der Waals surface area contributed by atoms with Gasteiger partial charge < -0.3 is 29.1 Å². The van der Waals surface area contributed by atoms with Crippen LogP contribution in [-0.2, 0) is 17.7 Å². The van der Waals surface area contributed by atoms with E-state index in [4.69, 9.17) is 13.9 Å². The Morgan fingerprint density at radius 3 is 2.91 bits per heavy atom. The Hall–Kier alpha value is -3.97. The molecule has 4 heterocycles. The maximum atomic E-state index is 11.8. The molecule has 6 rings (SSSR count). The molecule has 7 nitrogen and oxygen atoms in total. The number of morpholine rings is 1. The number of H-pyrrole nitrogens is 1. The van der Waals surface area contributed by atoms with Crippen LogP contribution in [0.4, 0.5) is 11.4 Å². The van der Waals surface area contributed by atoms with Gasteiger partial charge in [-0.05, 0) is 42.0 Å². The largest absolute Gasteiger partial charge is 0.467 e. The molecule has 2 aliphatic rings. The lowest BCUT2D eigenvalue weighted by molar-refractivity contribution is 0.0384. The summed E-state index contributed by atoms with van der Waals surface area (Å²) in [6, 6.07) is 19.8. The summed E-state index contributed by atoms with van der Waals surface area (Å²) < 4.78 is 18.0. The third-order valence-electron chi connectivity index (χ3n) is 6.36. The highest BCUT2D eigenvalue weighted by atomic mass is 16.5. The number of hydrogen-bond donors (Lipinski definition) is 2. The van der Waals surface area contributed by atoms with Gasteiger partial charge in [0.15, 0.2) is 0 Å². The number of rotatable bonds is 5. The second kappa shape index (κ2) is 8.76. The smallest absolute Gasteiger partial charge is 0.249 e. The highest BCUT2D eigenvalue weighted by Gasteiger charge is 2.28. The number of hydrogen-bond acceptors (Lipinski definition) is 6. The van der Waals surface area contributed by atoms with Gasteiger partial charge in [-0.15, -0.1) is 0 Å². The molecular weight excluding hydrogens is 430 g/mol. The Labute approximate surface area is 196 Å². The van der Waals surface area contributed by atoms with E-state index in [0.717, 1.165) is 58.3 Å². The fourth-order valence-electron chi connectivity index (χ4n) is 4.67. The first kappa shape index (κ1) is 20.6. The van der Waals surface area contributed by atoms with Gasteiger partial charge in [-0.3, -0.25) is 4.79 Å². The minimum Gasteiger partial charge on any atom is -0.467 e. The normalized spacial score (nSPS) is 16.9. The Kier molecular flexibility index (Phi) is 5.31. The molecule has 0 spiro atoms. The Morgan fingerprint density at radius 1 is 1.06 bits per heavy atom. The summed E-state index contributed by atoms with van der Waals surface area (Å²) in [6.07, 6.45) is 4.02. The van der Waals surface area contributed by atoms with E-state index in [0.29, 0.717) is 19.7 Å². The summed E-state index contributed by atoms with van der Waals surface area (Å²) in [6.45, 7) is 2.62. The molecule has 1 unspecified atom stereocenters. The van der Waals surface area contributed by atoms with Crippen molar-refractivity contribution in [1.82, 2.24) is 4.98 Å². The molecule has 0 aliphatic carbocycles. The molecule has 4 aromatic rings. The topological polar surface area (TPSA) is 79.7 Å². The van der Waals surface area contributed by atoms with Gasteiger partial charge in [-0.25, -0.2) is 0 Å². The van der Waals surface area contributed by atoms with Crippen molar-refractivity contribution >= 4 is 11.4 Å². The molecule has 0 radical (unpaired) electrons. The lowest BCUT2D eigenvalue weighted by Crippen LogP contribution is -2.39. The van der Waals surface area contributed by atoms with Gasteiger partial charge in [0.2, 0.25) is 5.56 Å². The molecule has 7 heteroatoms. The Morgan fingerprint density at radius 2 is 2.03 bits per heavy atom. The molecule has 2 N–H and O–H groups in total. The molecule has 0 bridgehead atoms. The van der Waals surface area contributed by atoms with E-state index < -0.39 is 0 Å². The monoisotopic (exact) mass is 455 g/mol. The third-order valence-corrected chi connectivity index (χ3v) is 6.36. The number of nitrogens with zero attached hydrogens (tertiary/aromatic N) is 1. The quantitative estimate of drug-likeness (QED) is 0.394. The molecule has 2 aliphatic heterocycles. The van der Waals surface area contributed by atoms with Crippen molar-refractivity contribution < 1.29 is 13.9 Å². The van der Waals surface area contributed by atoms with Crippen LogP contribution in [0, 0.1) is 0 Å². The van der Waals surface area contributed by atoms with Crippen LogP contribution in [0.25, 0.3) is 0 Å². The fourth-order valence-corrected chi connectivity index (χ4v) is 4.67. The average molecular weight is 456 g/mol. The second-order valence-electron chi connectivity index (χ2n) is 8.59. The first-order chi connectivity index (χ1) is 16.7. The van der Waals surface area contributed by atoms with E-state index in [1.807, 2.05) is 30.3 Å². The van der Waals surface area contributed by atoms with Gasteiger partial charge in [0.05, 0.1) is 19.4 Å². The SMILES string of the molecule is O=c1cc(N2CCOC(c3cccc4c3Oc3ccc(NCc5ccco5)cc3C4)C2)cc[nH]1. The third kappa shape index (κ3) is 4.06. The maximum Gasteiger partial charge on any atom is 0.249 e. The molecule has 0 saturated carbocycles. The molecule has 34 heavy (non-hydrogen) atoms. The maximum absolute atomic E-state index is 11.8. The van der Waals surface area contributed by atoms with Crippen molar-refractivity contribution in [2.24, 2.45) is 0 Å². The predicted octanol–water partition coefficient (Wildman–Crippen LogP) is 4.85. The molecule has 2 aromatic carbocycles. The molecule has 0 amide bonds. The molecule has 1 fully saturated rings. The van der Waals surface area contributed by atoms with Crippen LogP contribution in [0.2, 0.25) is 0 Å². The summed E-state index contributed by atoms with van der Waals surface area (Å²) in [4.78, 5) is 16.6. The van der Waals surface area contributed by atoms with Gasteiger partial charge in [0.1, 0.15) is 23.4 Å². The van der Waals surface area contributed by atoms with Crippen LogP contribution in [0.15, 0.2) is 82.3 Å². The number of aromatic nitrogens is 1. The van der Waals surface area contributed by atoms with E-state index >= 15 is 0 Å². The summed E-state index contributed by atoms with van der Waals surface area (Å²) in [5, 5.41) is 3.41. The number of pyridine rings is 1. The zero-order valence-electron chi connectivity index (χ0n) is 18.6. The first-order valence-corrected chi connectivity index (χ1v) is 11.5. The average Bonchev–Trinajstić information content (AvgIpc) is 3.40. The Balaban J connectivity index is 1.22. The van der Waals surface area contributed by atoms with Crippen LogP contribution < -0.4 is 20.5 Å². The van der Waals surface area contributed by atoms with Gasteiger partial charge in [-0.1, -0.05) is 18.2 Å². The van der Waals surface area contributed by atoms with E-state index in [-0.39, 0.29) is 11.7 Å². The summed E-state index contributed by atoms with van der Waals surface area (Å²) in [5.74, 6) is 2.64. The van der Waals surface area contributed by atoms with Crippen LogP contribution >= 0.6 is 0 Å². The number of furan rings is 1. The van der Waals surface area contributed by atoms with Crippen molar-refractivity contribution in [2.45, 2.75) is 19.1 Å². The summed E-state index contributed by atoms with van der Waals surface area (Å²) in [7, 11) is 0. The first-order valence-electron chi connectivity index (χ1n) is 11.5.